The molecule has 31 heavy (non-hydrogen) atoms. The molecule has 0 aliphatic heterocycles. The predicted octanol–water partition coefficient (Wildman–Crippen LogP) is 6.45. The third-order valence-electron chi connectivity index (χ3n) is 4.71. The van der Waals surface area contributed by atoms with Crippen molar-refractivity contribution in [1.82, 2.24) is 0 Å². The molecule has 3 rings (SSSR count). The fourth-order valence-corrected chi connectivity index (χ4v) is 6.74. The molecule has 2 nitrogen and oxygen atoms in total. The van der Waals surface area contributed by atoms with Gasteiger partial charge in [0.25, 0.3) is 0 Å². The summed E-state index contributed by atoms with van der Waals surface area (Å²) in [6.07, 6.45) is 0. The van der Waals surface area contributed by atoms with Crippen LogP contribution >= 0.6 is 24.4 Å². The van der Waals surface area contributed by atoms with Crippen LogP contribution in [0.1, 0.15) is 11.1 Å². The van der Waals surface area contributed by atoms with Crippen molar-refractivity contribution in [3.63, 3.8) is 0 Å². The van der Waals surface area contributed by atoms with Crippen LogP contribution in [0.3, 0.4) is 0 Å². The van der Waals surface area contributed by atoms with Crippen molar-refractivity contribution in [1.29, 1.82) is 0 Å². The lowest BCUT2D eigenvalue weighted by Gasteiger charge is -2.13. The number of hydrogen-bond donors (Lipinski definition) is 1. The minimum atomic E-state index is -0.110. The monoisotopic (exact) mass is 471 g/mol. The van der Waals surface area contributed by atoms with Gasteiger partial charge in [-0.1, -0.05) is 36.4 Å². The van der Waals surface area contributed by atoms with Crippen molar-refractivity contribution < 1.29 is 9.47 Å². The zero-order valence-corrected chi connectivity index (χ0v) is 20.8. The molecule has 3 aromatic rings. The normalized spacial score (nSPS) is 11.2. The SMILES string of the molecule is Cc1cc([S+](c2ccccc2)c2ccccc2)cc(C)c1SCCOCCOCCS. The molecule has 0 bridgehead atoms. The summed E-state index contributed by atoms with van der Waals surface area (Å²) >= 11 is 6.01. The molecule has 0 aliphatic carbocycles. The second kappa shape index (κ2) is 13.2. The fraction of sp³-hybridized carbons (Fsp3) is 0.308. The van der Waals surface area contributed by atoms with Crippen molar-refractivity contribution in [3.05, 3.63) is 83.9 Å². The number of aryl methyl sites for hydroxylation is 2. The Morgan fingerprint density at radius 2 is 1.23 bits per heavy atom. The second-order valence-corrected chi connectivity index (χ2v) is 10.7. The van der Waals surface area contributed by atoms with E-state index in [-0.39, 0.29) is 10.9 Å². The minimum absolute atomic E-state index is 0.110. The van der Waals surface area contributed by atoms with Crippen molar-refractivity contribution >= 4 is 35.3 Å². The summed E-state index contributed by atoms with van der Waals surface area (Å²) in [6, 6.07) is 26.4. The molecule has 164 valence electrons. The van der Waals surface area contributed by atoms with E-state index in [1.807, 2.05) is 11.8 Å². The average Bonchev–Trinajstić information content (AvgIpc) is 2.79. The minimum Gasteiger partial charge on any atom is -0.378 e. The molecule has 3 aromatic carbocycles. The molecule has 5 heteroatoms. The van der Waals surface area contributed by atoms with Crippen LogP contribution in [0.5, 0.6) is 0 Å². The summed E-state index contributed by atoms with van der Waals surface area (Å²) in [5.41, 5.74) is 2.67. The maximum atomic E-state index is 5.69. The standard InChI is InChI=1S/C26H30O2S3/c1-21-19-25(20-22(2)26(21)30-18-16-28-14-13-27-15-17-29)31(23-9-5-3-6-10-23)24-11-7-4-8-12-24/h3-12,19-20H,13-18H2,1-2H3/p+1. The van der Waals surface area contributed by atoms with Gasteiger partial charge in [0.2, 0.25) is 0 Å². The fourth-order valence-electron chi connectivity index (χ4n) is 3.37. The van der Waals surface area contributed by atoms with Crippen LogP contribution in [0.4, 0.5) is 0 Å². The first-order chi connectivity index (χ1) is 15.2. The molecule has 0 unspecified atom stereocenters. The largest absolute Gasteiger partial charge is 0.378 e. The summed E-state index contributed by atoms with van der Waals surface area (Å²) in [5.74, 6) is 1.69. The van der Waals surface area contributed by atoms with Crippen LogP contribution in [0.15, 0.2) is 92.4 Å². The van der Waals surface area contributed by atoms with Crippen LogP contribution in [0, 0.1) is 13.8 Å². The first-order valence-corrected chi connectivity index (χ1v) is 13.4. The van der Waals surface area contributed by atoms with Crippen LogP contribution in [-0.2, 0) is 20.4 Å². The van der Waals surface area contributed by atoms with Crippen LogP contribution < -0.4 is 0 Å². The molecular formula is C26H31O2S3+. The topological polar surface area (TPSA) is 18.5 Å². The van der Waals surface area contributed by atoms with Gasteiger partial charge in [-0.25, -0.2) is 0 Å². The highest BCUT2D eigenvalue weighted by molar-refractivity contribution is 7.99. The van der Waals surface area contributed by atoms with Gasteiger partial charge in [0.15, 0.2) is 14.7 Å². The van der Waals surface area contributed by atoms with E-state index in [9.17, 15) is 0 Å². The molecule has 0 amide bonds. The van der Waals surface area contributed by atoms with E-state index in [4.69, 9.17) is 9.47 Å². The van der Waals surface area contributed by atoms with Crippen LogP contribution in [-0.4, -0.2) is 37.9 Å². The lowest BCUT2D eigenvalue weighted by atomic mass is 10.1. The molecule has 0 saturated carbocycles. The van der Waals surface area contributed by atoms with Gasteiger partial charge in [-0.3, -0.25) is 0 Å². The number of benzene rings is 3. The van der Waals surface area contributed by atoms with E-state index in [1.54, 1.807) is 0 Å². The van der Waals surface area contributed by atoms with E-state index >= 15 is 0 Å². The zero-order chi connectivity index (χ0) is 21.9. The Hall–Kier alpha value is -1.37. The summed E-state index contributed by atoms with van der Waals surface area (Å²) in [4.78, 5) is 5.43. The Morgan fingerprint density at radius 3 is 1.74 bits per heavy atom. The first-order valence-electron chi connectivity index (χ1n) is 10.6. The molecule has 0 fully saturated rings. The van der Waals surface area contributed by atoms with Gasteiger partial charge in [0.1, 0.15) is 0 Å². The number of ether oxygens (including phenoxy) is 2. The lowest BCUT2D eigenvalue weighted by molar-refractivity contribution is 0.0606. The zero-order valence-electron chi connectivity index (χ0n) is 18.3. The van der Waals surface area contributed by atoms with Crippen LogP contribution in [0.2, 0.25) is 0 Å². The number of rotatable bonds is 12. The van der Waals surface area contributed by atoms with E-state index in [2.05, 4.69) is 99.3 Å². The van der Waals surface area contributed by atoms with Gasteiger partial charge >= 0.3 is 0 Å². The molecule has 0 heterocycles. The van der Waals surface area contributed by atoms with Gasteiger partial charge < -0.3 is 9.47 Å². The van der Waals surface area contributed by atoms with Gasteiger partial charge in [-0.05, 0) is 61.4 Å². The van der Waals surface area contributed by atoms with E-state index < -0.39 is 0 Å². The smallest absolute Gasteiger partial charge is 0.167 e. The van der Waals surface area contributed by atoms with Crippen molar-refractivity contribution in [2.75, 3.05) is 37.9 Å². The quantitative estimate of drug-likeness (QED) is 0.142. The predicted molar refractivity (Wildman–Crippen MR) is 137 cm³/mol. The van der Waals surface area contributed by atoms with Crippen molar-refractivity contribution in [2.24, 2.45) is 0 Å². The van der Waals surface area contributed by atoms with Crippen molar-refractivity contribution in [3.8, 4) is 0 Å². The Balaban J connectivity index is 1.70. The third kappa shape index (κ3) is 7.33. The first kappa shape index (κ1) is 24.3. The van der Waals surface area contributed by atoms with E-state index in [0.717, 1.165) is 18.1 Å². The van der Waals surface area contributed by atoms with Crippen molar-refractivity contribution in [2.45, 2.75) is 33.4 Å². The van der Waals surface area contributed by atoms with Gasteiger partial charge in [-0.15, -0.1) is 11.8 Å². The van der Waals surface area contributed by atoms with E-state index in [0.29, 0.717) is 19.8 Å². The Kier molecular flexibility index (Phi) is 10.4. The summed E-state index contributed by atoms with van der Waals surface area (Å²) in [5, 5.41) is 0. The summed E-state index contributed by atoms with van der Waals surface area (Å²) < 4.78 is 11.1. The molecule has 0 aromatic heterocycles. The van der Waals surface area contributed by atoms with Gasteiger partial charge in [-0.2, -0.15) is 12.6 Å². The third-order valence-corrected chi connectivity index (χ3v) is 8.39. The highest BCUT2D eigenvalue weighted by Gasteiger charge is 2.29. The molecule has 0 spiro atoms. The number of thioether (sulfide) groups is 1. The molecule has 0 N–H and O–H groups in total. The Bertz CT molecular complexity index is 854. The number of hydrogen-bond acceptors (Lipinski definition) is 4. The molecule has 0 aliphatic rings. The molecule has 0 radical (unpaired) electrons. The summed E-state index contributed by atoms with van der Waals surface area (Å²) in [7, 11) is -0.110. The summed E-state index contributed by atoms with van der Waals surface area (Å²) in [6.45, 7) is 7.14. The second-order valence-electron chi connectivity index (χ2n) is 7.12. The Morgan fingerprint density at radius 1 is 0.710 bits per heavy atom. The molecule has 0 atom stereocenters. The highest BCUT2D eigenvalue weighted by Crippen LogP contribution is 2.35. The van der Waals surface area contributed by atoms with E-state index in [1.165, 1.54) is 30.7 Å². The average molecular weight is 472 g/mol. The molecule has 0 saturated heterocycles. The highest BCUT2D eigenvalue weighted by atomic mass is 32.2. The lowest BCUT2D eigenvalue weighted by Crippen LogP contribution is -2.08. The number of thiol groups is 1. The molecular weight excluding hydrogens is 440 g/mol. The maximum Gasteiger partial charge on any atom is 0.167 e. The maximum absolute atomic E-state index is 5.69. The van der Waals surface area contributed by atoms with Gasteiger partial charge in [0, 0.05) is 16.4 Å². The Labute approximate surface area is 199 Å². The van der Waals surface area contributed by atoms with Gasteiger partial charge in [0.05, 0.1) is 37.3 Å². The van der Waals surface area contributed by atoms with Crippen LogP contribution in [0.25, 0.3) is 0 Å².